The molecule has 0 bridgehead atoms. The highest BCUT2D eigenvalue weighted by Gasteiger charge is 2.31. The second-order valence-corrected chi connectivity index (χ2v) is 6.62. The molecule has 1 rings (SSSR count). The Hall–Kier alpha value is -0.0800. The largest absolute Gasteiger partial charge is 0.385 e. The van der Waals surface area contributed by atoms with E-state index in [2.05, 4.69) is 13.8 Å². The van der Waals surface area contributed by atoms with Crippen molar-refractivity contribution in [3.63, 3.8) is 0 Å². The molecule has 2 heteroatoms. The van der Waals surface area contributed by atoms with E-state index in [1.165, 1.54) is 44.9 Å². The van der Waals surface area contributed by atoms with Crippen LogP contribution in [0.2, 0.25) is 0 Å². The Morgan fingerprint density at radius 3 is 2.16 bits per heavy atom. The Kier molecular flexibility index (Phi) is 8.72. The predicted molar refractivity (Wildman–Crippen MR) is 81.4 cm³/mol. The van der Waals surface area contributed by atoms with Crippen LogP contribution in [0.4, 0.5) is 0 Å². The van der Waals surface area contributed by atoms with E-state index in [1.54, 1.807) is 0 Å². The van der Waals surface area contributed by atoms with Crippen LogP contribution in [-0.2, 0) is 9.47 Å². The minimum Gasteiger partial charge on any atom is -0.385 e. The van der Waals surface area contributed by atoms with Crippen molar-refractivity contribution in [1.29, 1.82) is 0 Å². The molecule has 0 aromatic carbocycles. The second kappa shape index (κ2) is 9.77. The molecule has 1 fully saturated rings. The summed E-state index contributed by atoms with van der Waals surface area (Å²) in [4.78, 5) is 0. The zero-order valence-corrected chi connectivity index (χ0v) is 13.5. The van der Waals surface area contributed by atoms with Crippen LogP contribution in [-0.4, -0.2) is 27.4 Å². The third-order valence-corrected chi connectivity index (χ3v) is 4.89. The highest BCUT2D eigenvalue weighted by atomic mass is 16.5. The Bertz CT molecular complexity index is 215. The molecule has 0 N–H and O–H groups in total. The van der Waals surface area contributed by atoms with Crippen LogP contribution in [0.5, 0.6) is 0 Å². The van der Waals surface area contributed by atoms with Gasteiger partial charge in [-0.05, 0) is 62.2 Å². The average molecular weight is 270 g/mol. The van der Waals surface area contributed by atoms with Gasteiger partial charge in [-0.2, -0.15) is 0 Å². The Balaban J connectivity index is 2.39. The highest BCUT2D eigenvalue weighted by molar-refractivity contribution is 4.82. The van der Waals surface area contributed by atoms with Gasteiger partial charge in [-0.25, -0.2) is 0 Å². The van der Waals surface area contributed by atoms with Crippen LogP contribution in [0.1, 0.15) is 58.8 Å². The first kappa shape index (κ1) is 17.0. The molecule has 2 nitrogen and oxygen atoms in total. The SMILES string of the molecule is COCCCC1CCC(C(C)C)C(CCCOC)C1. The van der Waals surface area contributed by atoms with Gasteiger partial charge in [0.25, 0.3) is 0 Å². The van der Waals surface area contributed by atoms with Crippen LogP contribution in [0.15, 0.2) is 0 Å². The van der Waals surface area contributed by atoms with Gasteiger partial charge < -0.3 is 9.47 Å². The maximum atomic E-state index is 5.22. The lowest BCUT2D eigenvalue weighted by molar-refractivity contribution is 0.103. The molecule has 0 saturated heterocycles. The van der Waals surface area contributed by atoms with Gasteiger partial charge in [-0.1, -0.05) is 20.3 Å². The third-order valence-electron chi connectivity index (χ3n) is 4.89. The van der Waals surface area contributed by atoms with E-state index in [0.29, 0.717) is 0 Å². The number of rotatable bonds is 9. The summed E-state index contributed by atoms with van der Waals surface area (Å²) in [5.41, 5.74) is 0. The van der Waals surface area contributed by atoms with Crippen LogP contribution in [0.3, 0.4) is 0 Å². The molecule has 0 amide bonds. The molecule has 0 aliphatic heterocycles. The molecule has 0 radical (unpaired) electrons. The lowest BCUT2D eigenvalue weighted by Gasteiger charge is -2.38. The molecule has 0 heterocycles. The summed E-state index contributed by atoms with van der Waals surface area (Å²) in [6.07, 6.45) is 9.50. The standard InChI is InChI=1S/C17H34O2/c1-14(2)17-10-9-15(7-5-11-18-3)13-16(17)8-6-12-19-4/h14-17H,5-13H2,1-4H3. The van der Waals surface area contributed by atoms with Gasteiger partial charge >= 0.3 is 0 Å². The zero-order chi connectivity index (χ0) is 14.1. The summed E-state index contributed by atoms with van der Waals surface area (Å²) in [6, 6.07) is 0. The lowest BCUT2D eigenvalue weighted by Crippen LogP contribution is -2.29. The molecule has 0 spiro atoms. The fourth-order valence-corrected chi connectivity index (χ4v) is 3.86. The van der Waals surface area contributed by atoms with Crippen molar-refractivity contribution in [2.75, 3.05) is 27.4 Å². The maximum absolute atomic E-state index is 5.22. The van der Waals surface area contributed by atoms with E-state index < -0.39 is 0 Å². The van der Waals surface area contributed by atoms with E-state index >= 15 is 0 Å². The molecule has 3 atom stereocenters. The second-order valence-electron chi connectivity index (χ2n) is 6.62. The van der Waals surface area contributed by atoms with Gasteiger partial charge in [-0.3, -0.25) is 0 Å². The Labute approximate surface area is 120 Å². The molecular formula is C17H34O2. The molecule has 0 aromatic heterocycles. The van der Waals surface area contributed by atoms with E-state index in [4.69, 9.17) is 9.47 Å². The van der Waals surface area contributed by atoms with Crippen molar-refractivity contribution in [2.45, 2.75) is 58.8 Å². The van der Waals surface area contributed by atoms with Gasteiger partial charge in [0.1, 0.15) is 0 Å². The fourth-order valence-electron chi connectivity index (χ4n) is 3.86. The smallest absolute Gasteiger partial charge is 0.0462 e. The quantitative estimate of drug-likeness (QED) is 0.573. The summed E-state index contributed by atoms with van der Waals surface area (Å²) >= 11 is 0. The van der Waals surface area contributed by atoms with Gasteiger partial charge in [-0.15, -0.1) is 0 Å². The van der Waals surface area contributed by atoms with Crippen LogP contribution >= 0.6 is 0 Å². The molecule has 19 heavy (non-hydrogen) atoms. The van der Waals surface area contributed by atoms with E-state index in [1.807, 2.05) is 14.2 Å². The fraction of sp³-hybridized carbons (Fsp3) is 1.00. The van der Waals surface area contributed by atoms with Crippen molar-refractivity contribution in [1.82, 2.24) is 0 Å². The van der Waals surface area contributed by atoms with Gasteiger partial charge in [0.05, 0.1) is 0 Å². The van der Waals surface area contributed by atoms with E-state index in [9.17, 15) is 0 Å². The van der Waals surface area contributed by atoms with Gasteiger partial charge in [0.2, 0.25) is 0 Å². The predicted octanol–water partition coefficient (Wildman–Crippen LogP) is 4.53. The summed E-state index contributed by atoms with van der Waals surface area (Å²) in [7, 11) is 3.62. The van der Waals surface area contributed by atoms with Crippen molar-refractivity contribution in [3.8, 4) is 0 Å². The van der Waals surface area contributed by atoms with Gasteiger partial charge in [0.15, 0.2) is 0 Å². The Morgan fingerprint density at radius 2 is 1.58 bits per heavy atom. The monoisotopic (exact) mass is 270 g/mol. The van der Waals surface area contributed by atoms with Crippen molar-refractivity contribution in [3.05, 3.63) is 0 Å². The lowest BCUT2D eigenvalue weighted by atomic mass is 9.67. The minimum absolute atomic E-state index is 0.840. The van der Waals surface area contributed by atoms with Crippen molar-refractivity contribution >= 4 is 0 Å². The third kappa shape index (κ3) is 6.27. The summed E-state index contributed by atoms with van der Waals surface area (Å²) in [5.74, 6) is 3.65. The van der Waals surface area contributed by atoms with Crippen LogP contribution in [0.25, 0.3) is 0 Å². The summed E-state index contributed by atoms with van der Waals surface area (Å²) < 4.78 is 10.4. The van der Waals surface area contributed by atoms with E-state index in [0.717, 1.165) is 36.9 Å². The number of hydrogen-bond donors (Lipinski definition) is 0. The molecular weight excluding hydrogens is 236 g/mol. The minimum atomic E-state index is 0.840. The zero-order valence-electron chi connectivity index (χ0n) is 13.5. The first-order chi connectivity index (χ1) is 9.19. The average Bonchev–Trinajstić information content (AvgIpc) is 2.39. The topological polar surface area (TPSA) is 18.5 Å². The molecule has 1 saturated carbocycles. The number of ether oxygens (including phenoxy) is 2. The molecule has 0 aromatic rings. The first-order valence-electron chi connectivity index (χ1n) is 8.16. The molecule has 114 valence electrons. The van der Waals surface area contributed by atoms with Crippen LogP contribution < -0.4 is 0 Å². The van der Waals surface area contributed by atoms with Gasteiger partial charge in [0, 0.05) is 27.4 Å². The summed E-state index contributed by atoms with van der Waals surface area (Å²) in [5, 5.41) is 0. The molecule has 1 aliphatic carbocycles. The molecule has 3 unspecified atom stereocenters. The number of methoxy groups -OCH3 is 2. The van der Waals surface area contributed by atoms with Crippen molar-refractivity contribution < 1.29 is 9.47 Å². The van der Waals surface area contributed by atoms with E-state index in [-0.39, 0.29) is 0 Å². The maximum Gasteiger partial charge on any atom is 0.0462 e. The molecule has 1 aliphatic rings. The highest BCUT2D eigenvalue weighted by Crippen LogP contribution is 2.41. The van der Waals surface area contributed by atoms with Crippen LogP contribution in [0, 0.1) is 23.7 Å². The first-order valence-corrected chi connectivity index (χ1v) is 8.16. The van der Waals surface area contributed by atoms with Crippen molar-refractivity contribution in [2.24, 2.45) is 23.7 Å². The Morgan fingerprint density at radius 1 is 0.947 bits per heavy atom. The number of hydrogen-bond acceptors (Lipinski definition) is 2. The summed E-state index contributed by atoms with van der Waals surface area (Å²) in [6.45, 7) is 6.66. The normalized spacial score (nSPS) is 27.9.